The van der Waals surface area contributed by atoms with E-state index in [-0.39, 0.29) is 0 Å². The van der Waals surface area contributed by atoms with E-state index in [9.17, 15) is 0 Å². The van der Waals surface area contributed by atoms with E-state index in [1.807, 2.05) is 41.0 Å². The lowest BCUT2D eigenvalue weighted by Crippen LogP contribution is -1.98. The normalized spacial score (nSPS) is 11.1. The molecule has 2 N–H and O–H groups in total. The van der Waals surface area contributed by atoms with E-state index in [2.05, 4.69) is 10.2 Å². The predicted octanol–water partition coefficient (Wildman–Crippen LogP) is 2.35. The number of nitrogens with two attached hydrogens (primary N) is 1. The summed E-state index contributed by atoms with van der Waals surface area (Å²) in [6.45, 7) is 1.98. The summed E-state index contributed by atoms with van der Waals surface area (Å²) in [5.74, 6) is 0.856. The van der Waals surface area contributed by atoms with Gasteiger partial charge in [-0.15, -0.1) is 21.5 Å². The van der Waals surface area contributed by atoms with Crippen LogP contribution in [0.25, 0.3) is 16.3 Å². The van der Waals surface area contributed by atoms with E-state index in [0.717, 1.165) is 27.7 Å². The van der Waals surface area contributed by atoms with Gasteiger partial charge < -0.3 is 5.73 Å². The molecule has 0 amide bonds. The van der Waals surface area contributed by atoms with Crippen LogP contribution in [0.3, 0.4) is 0 Å². The minimum atomic E-state index is 0.755. The molecule has 5 heteroatoms. The van der Waals surface area contributed by atoms with Gasteiger partial charge in [-0.05, 0) is 30.5 Å². The van der Waals surface area contributed by atoms with Crippen molar-refractivity contribution in [2.45, 2.75) is 6.92 Å². The van der Waals surface area contributed by atoms with Gasteiger partial charge in [0.2, 0.25) is 0 Å². The van der Waals surface area contributed by atoms with Crippen LogP contribution in [0.1, 0.15) is 5.69 Å². The number of hydrogen-bond acceptors (Lipinski definition) is 4. The van der Waals surface area contributed by atoms with E-state index < -0.39 is 0 Å². The molecule has 0 aliphatic heterocycles. The van der Waals surface area contributed by atoms with Crippen LogP contribution in [-0.2, 0) is 0 Å². The van der Waals surface area contributed by atoms with Crippen LogP contribution < -0.4 is 5.73 Å². The maximum absolute atomic E-state index is 5.89. The lowest BCUT2D eigenvalue weighted by atomic mass is 10.3. The predicted molar refractivity (Wildman–Crippen MR) is 65.4 cm³/mol. The van der Waals surface area contributed by atoms with Crippen molar-refractivity contribution in [1.29, 1.82) is 0 Å². The highest BCUT2D eigenvalue weighted by atomic mass is 32.1. The molecular weight excluding hydrogens is 220 g/mol. The Labute approximate surface area is 96.4 Å². The number of aromatic nitrogens is 3. The lowest BCUT2D eigenvalue weighted by molar-refractivity contribution is 1.09. The highest BCUT2D eigenvalue weighted by Gasteiger charge is 2.11. The number of pyridine rings is 1. The molecule has 4 nitrogen and oxygen atoms in total. The van der Waals surface area contributed by atoms with E-state index in [0.29, 0.717) is 0 Å². The first-order valence-corrected chi connectivity index (χ1v) is 5.79. The summed E-state index contributed by atoms with van der Waals surface area (Å²) >= 11 is 1.65. The minimum absolute atomic E-state index is 0.755. The molecule has 0 aliphatic rings. The molecule has 80 valence electrons. The first-order valence-electron chi connectivity index (χ1n) is 4.91. The van der Waals surface area contributed by atoms with Crippen LogP contribution in [0.4, 0.5) is 5.69 Å². The standard InChI is InChI=1S/C11H10N4S/c1-7-8(12)4-5-10-13-14-11(15(7)10)9-3-2-6-16-9/h2-6H,12H2,1H3. The van der Waals surface area contributed by atoms with Gasteiger partial charge in [0.25, 0.3) is 0 Å². The fraction of sp³-hybridized carbons (Fsp3) is 0.0909. The lowest BCUT2D eigenvalue weighted by Gasteiger charge is -2.04. The number of hydrogen-bond donors (Lipinski definition) is 1. The average Bonchev–Trinajstić information content (AvgIpc) is 2.91. The molecule has 3 aromatic rings. The van der Waals surface area contributed by atoms with Crippen molar-refractivity contribution in [1.82, 2.24) is 14.6 Å². The second kappa shape index (κ2) is 3.31. The van der Waals surface area contributed by atoms with Gasteiger partial charge in [-0.1, -0.05) is 6.07 Å². The van der Waals surface area contributed by atoms with Gasteiger partial charge in [-0.3, -0.25) is 4.40 Å². The molecule has 0 atom stereocenters. The number of nitrogens with zero attached hydrogens (tertiary/aromatic N) is 3. The van der Waals surface area contributed by atoms with Crippen LogP contribution in [0.15, 0.2) is 29.6 Å². The fourth-order valence-corrected chi connectivity index (χ4v) is 2.41. The van der Waals surface area contributed by atoms with Gasteiger partial charge >= 0.3 is 0 Å². The molecule has 3 heterocycles. The number of fused-ring (bicyclic) bond motifs is 1. The summed E-state index contributed by atoms with van der Waals surface area (Å²) in [5.41, 5.74) is 8.46. The number of nitrogen functional groups attached to an aromatic ring is 1. The summed E-state index contributed by atoms with van der Waals surface area (Å²) in [6, 6.07) is 7.77. The summed E-state index contributed by atoms with van der Waals surface area (Å²) < 4.78 is 1.99. The van der Waals surface area contributed by atoms with Crippen LogP contribution in [0.5, 0.6) is 0 Å². The van der Waals surface area contributed by atoms with E-state index in [1.165, 1.54) is 0 Å². The molecule has 0 bridgehead atoms. The molecule has 0 aliphatic carbocycles. The molecule has 0 radical (unpaired) electrons. The Morgan fingerprint density at radius 1 is 1.25 bits per heavy atom. The first-order chi connectivity index (χ1) is 7.77. The third-order valence-electron chi connectivity index (χ3n) is 2.59. The van der Waals surface area contributed by atoms with Gasteiger partial charge in [0.1, 0.15) is 0 Å². The van der Waals surface area contributed by atoms with Crippen molar-refractivity contribution in [2.75, 3.05) is 5.73 Å². The van der Waals surface area contributed by atoms with Gasteiger partial charge in [-0.25, -0.2) is 0 Å². The highest BCUT2D eigenvalue weighted by Crippen LogP contribution is 2.25. The Kier molecular flexibility index (Phi) is 1.94. The number of aryl methyl sites for hydroxylation is 1. The second-order valence-corrected chi connectivity index (χ2v) is 4.52. The fourth-order valence-electron chi connectivity index (χ4n) is 1.71. The average molecular weight is 230 g/mol. The monoisotopic (exact) mass is 230 g/mol. The number of thiophene rings is 1. The van der Waals surface area contributed by atoms with Crippen molar-refractivity contribution in [3.8, 4) is 10.7 Å². The smallest absolute Gasteiger partial charge is 0.178 e. The zero-order valence-corrected chi connectivity index (χ0v) is 9.53. The molecule has 0 saturated carbocycles. The Hall–Kier alpha value is -1.88. The van der Waals surface area contributed by atoms with Crippen molar-refractivity contribution in [2.24, 2.45) is 0 Å². The molecule has 0 saturated heterocycles. The van der Waals surface area contributed by atoms with Crippen molar-refractivity contribution in [3.05, 3.63) is 35.3 Å². The second-order valence-electron chi connectivity index (χ2n) is 3.57. The maximum atomic E-state index is 5.89. The largest absolute Gasteiger partial charge is 0.397 e. The summed E-state index contributed by atoms with van der Waals surface area (Å²) in [6.07, 6.45) is 0. The zero-order valence-electron chi connectivity index (χ0n) is 8.71. The van der Waals surface area contributed by atoms with Crippen molar-refractivity contribution in [3.63, 3.8) is 0 Å². The number of anilines is 1. The summed E-state index contributed by atoms with van der Waals surface area (Å²) in [5, 5.41) is 10.4. The highest BCUT2D eigenvalue weighted by molar-refractivity contribution is 7.13. The van der Waals surface area contributed by atoms with E-state index >= 15 is 0 Å². The molecule has 16 heavy (non-hydrogen) atoms. The molecule has 0 spiro atoms. The van der Waals surface area contributed by atoms with Crippen LogP contribution in [0, 0.1) is 6.92 Å². The Balaban J connectivity index is 2.39. The Bertz CT molecular complexity index is 639. The molecular formula is C11H10N4S. The molecule has 3 rings (SSSR count). The van der Waals surface area contributed by atoms with Crippen LogP contribution in [-0.4, -0.2) is 14.6 Å². The SMILES string of the molecule is Cc1c(N)ccc2nnc(-c3cccs3)n12. The van der Waals surface area contributed by atoms with Gasteiger partial charge in [-0.2, -0.15) is 0 Å². The van der Waals surface area contributed by atoms with Crippen molar-refractivity contribution >= 4 is 22.7 Å². The molecule has 0 aromatic carbocycles. The quantitative estimate of drug-likeness (QED) is 0.698. The zero-order chi connectivity index (χ0) is 11.1. The van der Waals surface area contributed by atoms with E-state index in [1.54, 1.807) is 11.3 Å². The van der Waals surface area contributed by atoms with Crippen molar-refractivity contribution < 1.29 is 0 Å². The van der Waals surface area contributed by atoms with Crippen LogP contribution >= 0.6 is 11.3 Å². The van der Waals surface area contributed by atoms with Gasteiger partial charge in [0.05, 0.1) is 10.6 Å². The first kappa shape index (κ1) is 9.35. The summed E-state index contributed by atoms with van der Waals surface area (Å²) in [4.78, 5) is 1.10. The van der Waals surface area contributed by atoms with Gasteiger partial charge in [0, 0.05) is 5.69 Å². The van der Waals surface area contributed by atoms with E-state index in [4.69, 9.17) is 5.73 Å². The Morgan fingerprint density at radius 3 is 2.88 bits per heavy atom. The molecule has 0 unspecified atom stereocenters. The molecule has 0 fully saturated rings. The maximum Gasteiger partial charge on any atom is 0.178 e. The minimum Gasteiger partial charge on any atom is -0.397 e. The topological polar surface area (TPSA) is 56.2 Å². The Morgan fingerprint density at radius 2 is 2.12 bits per heavy atom. The van der Waals surface area contributed by atoms with Gasteiger partial charge in [0.15, 0.2) is 11.5 Å². The third kappa shape index (κ3) is 1.22. The third-order valence-corrected chi connectivity index (χ3v) is 3.46. The summed E-state index contributed by atoms with van der Waals surface area (Å²) in [7, 11) is 0. The van der Waals surface area contributed by atoms with Crippen LogP contribution in [0.2, 0.25) is 0 Å². The molecule has 3 aromatic heterocycles. The number of rotatable bonds is 1.